The van der Waals surface area contributed by atoms with E-state index in [4.69, 9.17) is 0 Å². The number of carbonyl (C=O) groups is 2. The Morgan fingerprint density at radius 1 is 1.17 bits per heavy atom. The van der Waals surface area contributed by atoms with Crippen LogP contribution in [0.5, 0.6) is 0 Å². The summed E-state index contributed by atoms with van der Waals surface area (Å²) in [7, 11) is 0. The molecule has 1 aliphatic heterocycles. The number of amides is 2. The van der Waals surface area contributed by atoms with E-state index in [0.717, 1.165) is 16.8 Å². The van der Waals surface area contributed by atoms with Crippen LogP contribution in [0.1, 0.15) is 52.6 Å². The highest BCUT2D eigenvalue weighted by Crippen LogP contribution is 2.38. The van der Waals surface area contributed by atoms with Gasteiger partial charge in [0.15, 0.2) is 0 Å². The van der Waals surface area contributed by atoms with E-state index in [1.165, 1.54) is 12.1 Å². The number of benzene rings is 2. The van der Waals surface area contributed by atoms with E-state index in [1.54, 1.807) is 35.4 Å². The molecule has 2 amide bonds. The second-order valence-electron chi connectivity index (χ2n) is 7.51. The fraction of sp³-hybridized carbons (Fsp3) is 0.208. The third-order valence-corrected chi connectivity index (χ3v) is 5.32. The van der Waals surface area contributed by atoms with Crippen LogP contribution in [0, 0.1) is 12.7 Å². The molecule has 5 nitrogen and oxygen atoms in total. The van der Waals surface area contributed by atoms with Gasteiger partial charge in [-0.05, 0) is 61.4 Å². The number of nitrogens with one attached hydrogen (secondary N) is 1. The molecule has 2 atom stereocenters. The zero-order chi connectivity index (χ0) is 21.3. The molecule has 1 N–H and O–H groups in total. The Balaban J connectivity index is 1.59. The van der Waals surface area contributed by atoms with Gasteiger partial charge in [-0.25, -0.2) is 4.39 Å². The summed E-state index contributed by atoms with van der Waals surface area (Å²) in [6.45, 7) is 3.80. The molecule has 2 aromatic carbocycles. The molecule has 1 aromatic heterocycles. The van der Waals surface area contributed by atoms with Crippen LogP contribution in [0.25, 0.3) is 0 Å². The summed E-state index contributed by atoms with van der Waals surface area (Å²) >= 11 is 0. The lowest BCUT2D eigenvalue weighted by atomic mass is 10.1. The van der Waals surface area contributed by atoms with Crippen molar-refractivity contribution in [3.8, 4) is 0 Å². The molecular weight excluding hydrogens is 381 g/mol. The molecule has 152 valence electrons. The van der Waals surface area contributed by atoms with Crippen LogP contribution < -0.4 is 10.2 Å². The number of rotatable bonds is 5. The maximum absolute atomic E-state index is 13.2. The molecule has 0 aliphatic carbocycles. The Hall–Kier alpha value is -3.54. The number of pyridine rings is 1. The Labute approximate surface area is 174 Å². The van der Waals surface area contributed by atoms with Gasteiger partial charge in [-0.2, -0.15) is 0 Å². The Bertz CT molecular complexity index is 1100. The summed E-state index contributed by atoms with van der Waals surface area (Å²) in [4.78, 5) is 32.0. The van der Waals surface area contributed by atoms with Gasteiger partial charge in [0.2, 0.25) is 5.91 Å². The van der Waals surface area contributed by atoms with E-state index >= 15 is 0 Å². The maximum atomic E-state index is 13.2. The lowest BCUT2D eigenvalue weighted by Gasteiger charge is -2.25. The molecule has 1 aliphatic rings. The van der Waals surface area contributed by atoms with Gasteiger partial charge in [-0.15, -0.1) is 0 Å². The molecule has 4 rings (SSSR count). The van der Waals surface area contributed by atoms with Gasteiger partial charge in [0, 0.05) is 11.9 Å². The Morgan fingerprint density at radius 2 is 1.93 bits per heavy atom. The minimum atomic E-state index is -0.490. The number of aromatic nitrogens is 1. The number of hydrogen-bond acceptors (Lipinski definition) is 3. The van der Waals surface area contributed by atoms with Crippen molar-refractivity contribution in [1.29, 1.82) is 0 Å². The highest BCUT2D eigenvalue weighted by Gasteiger charge is 2.40. The fourth-order valence-corrected chi connectivity index (χ4v) is 3.83. The zero-order valence-electron chi connectivity index (χ0n) is 16.8. The zero-order valence-corrected chi connectivity index (χ0v) is 16.8. The predicted octanol–water partition coefficient (Wildman–Crippen LogP) is 4.50. The first-order valence-electron chi connectivity index (χ1n) is 9.84. The standard InChI is InChI=1S/C24H22FN3O2/c1-15-5-3-6-19(13-15)28-21(23-20(24(28)30)7-4-12-26-23)14-22(29)27-16(2)17-8-10-18(25)11-9-17/h3-13,16,21H,14H2,1-2H3,(H,27,29)/t16-,21-/m0/s1. The van der Waals surface area contributed by atoms with Gasteiger partial charge in [0.25, 0.3) is 5.91 Å². The van der Waals surface area contributed by atoms with Crippen molar-refractivity contribution in [2.45, 2.75) is 32.4 Å². The van der Waals surface area contributed by atoms with Crippen LogP contribution in [0.2, 0.25) is 0 Å². The summed E-state index contributed by atoms with van der Waals surface area (Å²) in [5.74, 6) is -0.688. The highest BCUT2D eigenvalue weighted by molar-refractivity contribution is 6.11. The summed E-state index contributed by atoms with van der Waals surface area (Å²) < 4.78 is 13.2. The number of carbonyl (C=O) groups excluding carboxylic acids is 2. The number of aryl methyl sites for hydroxylation is 1. The first-order chi connectivity index (χ1) is 14.4. The van der Waals surface area contributed by atoms with Crippen molar-refractivity contribution in [3.05, 3.63) is 95.1 Å². The molecule has 30 heavy (non-hydrogen) atoms. The van der Waals surface area contributed by atoms with Gasteiger partial charge >= 0.3 is 0 Å². The third kappa shape index (κ3) is 3.81. The quantitative estimate of drug-likeness (QED) is 0.682. The first kappa shape index (κ1) is 19.8. The van der Waals surface area contributed by atoms with E-state index in [-0.39, 0.29) is 30.1 Å². The second-order valence-corrected chi connectivity index (χ2v) is 7.51. The summed E-state index contributed by atoms with van der Waals surface area (Å²) in [6.07, 6.45) is 1.72. The number of halogens is 1. The largest absolute Gasteiger partial charge is 0.350 e. The van der Waals surface area contributed by atoms with Crippen LogP contribution in [0.4, 0.5) is 10.1 Å². The van der Waals surface area contributed by atoms with Gasteiger partial charge in [0.1, 0.15) is 5.82 Å². The molecule has 6 heteroatoms. The Kier molecular flexibility index (Phi) is 5.31. The summed E-state index contributed by atoms with van der Waals surface area (Å²) in [5.41, 5.74) is 3.69. The molecule has 0 saturated heterocycles. The average Bonchev–Trinajstić information content (AvgIpc) is 3.00. The van der Waals surface area contributed by atoms with E-state index in [2.05, 4.69) is 10.3 Å². The molecule has 0 saturated carbocycles. The first-order valence-corrected chi connectivity index (χ1v) is 9.84. The van der Waals surface area contributed by atoms with Crippen molar-refractivity contribution in [3.63, 3.8) is 0 Å². The van der Waals surface area contributed by atoms with E-state index in [9.17, 15) is 14.0 Å². The second kappa shape index (κ2) is 8.06. The SMILES string of the molecule is Cc1cccc(N2C(=O)c3cccnc3[C@@H]2CC(=O)N[C@@H](C)c2ccc(F)cc2)c1. The van der Waals surface area contributed by atoms with Crippen molar-refractivity contribution >= 4 is 17.5 Å². The molecule has 0 bridgehead atoms. The molecule has 0 spiro atoms. The van der Waals surface area contributed by atoms with Crippen molar-refractivity contribution in [2.24, 2.45) is 0 Å². The van der Waals surface area contributed by atoms with E-state index in [1.807, 2.05) is 38.1 Å². The van der Waals surface area contributed by atoms with Crippen molar-refractivity contribution < 1.29 is 14.0 Å². The van der Waals surface area contributed by atoms with Crippen molar-refractivity contribution in [1.82, 2.24) is 10.3 Å². The third-order valence-electron chi connectivity index (χ3n) is 5.32. The molecular formula is C24H22FN3O2. The van der Waals surface area contributed by atoms with Crippen LogP contribution in [0.3, 0.4) is 0 Å². The predicted molar refractivity (Wildman–Crippen MR) is 113 cm³/mol. The van der Waals surface area contributed by atoms with Gasteiger partial charge in [0.05, 0.1) is 29.8 Å². The number of anilines is 1. The van der Waals surface area contributed by atoms with Gasteiger partial charge in [-0.3, -0.25) is 19.5 Å². The van der Waals surface area contributed by atoms with Crippen LogP contribution >= 0.6 is 0 Å². The average molecular weight is 403 g/mol. The monoisotopic (exact) mass is 403 g/mol. The van der Waals surface area contributed by atoms with E-state index < -0.39 is 6.04 Å². The minimum absolute atomic E-state index is 0.0786. The molecule has 2 heterocycles. The summed E-state index contributed by atoms with van der Waals surface area (Å²) in [6, 6.07) is 16.4. The highest BCUT2D eigenvalue weighted by atomic mass is 19.1. The normalized spacial score (nSPS) is 16.3. The van der Waals surface area contributed by atoms with Crippen molar-refractivity contribution in [2.75, 3.05) is 4.90 Å². The topological polar surface area (TPSA) is 62.3 Å². The van der Waals surface area contributed by atoms with Gasteiger partial charge in [-0.1, -0.05) is 24.3 Å². The molecule has 3 aromatic rings. The lowest BCUT2D eigenvalue weighted by molar-refractivity contribution is -0.122. The molecule has 0 unspecified atom stereocenters. The lowest BCUT2D eigenvalue weighted by Crippen LogP contribution is -2.34. The number of nitrogens with zero attached hydrogens (tertiary/aromatic N) is 2. The molecule has 0 radical (unpaired) electrons. The summed E-state index contributed by atoms with van der Waals surface area (Å²) in [5, 5.41) is 2.94. The minimum Gasteiger partial charge on any atom is -0.350 e. The fourth-order valence-electron chi connectivity index (χ4n) is 3.83. The smallest absolute Gasteiger partial charge is 0.260 e. The van der Waals surface area contributed by atoms with Crippen LogP contribution in [-0.2, 0) is 4.79 Å². The number of fused-ring (bicyclic) bond motifs is 1. The van der Waals surface area contributed by atoms with E-state index in [0.29, 0.717) is 11.3 Å². The maximum Gasteiger partial charge on any atom is 0.260 e. The Morgan fingerprint density at radius 3 is 2.67 bits per heavy atom. The molecule has 0 fully saturated rings. The van der Waals surface area contributed by atoms with Crippen LogP contribution in [-0.4, -0.2) is 16.8 Å². The number of hydrogen-bond donors (Lipinski definition) is 1. The van der Waals surface area contributed by atoms with Gasteiger partial charge < -0.3 is 5.32 Å². The van der Waals surface area contributed by atoms with Crippen LogP contribution in [0.15, 0.2) is 66.9 Å².